The van der Waals surface area contributed by atoms with Gasteiger partial charge in [0, 0.05) is 29.3 Å². The van der Waals surface area contributed by atoms with E-state index in [2.05, 4.69) is 34.2 Å². The third-order valence-corrected chi connectivity index (χ3v) is 4.45. The number of rotatable bonds is 5. The van der Waals surface area contributed by atoms with Crippen molar-refractivity contribution in [3.63, 3.8) is 0 Å². The monoisotopic (exact) mass is 384 g/mol. The van der Waals surface area contributed by atoms with E-state index in [1.165, 1.54) is 6.07 Å². The first-order chi connectivity index (χ1) is 14.2. The van der Waals surface area contributed by atoms with Crippen molar-refractivity contribution in [1.29, 1.82) is 0 Å². The van der Waals surface area contributed by atoms with Crippen molar-refractivity contribution in [1.82, 2.24) is 0 Å². The molecule has 0 bridgehead atoms. The molecule has 0 heterocycles. The molecule has 0 saturated heterocycles. The molecule has 0 unspecified atom stereocenters. The number of aliphatic imine (C=N–C) groups is 1. The van der Waals surface area contributed by atoms with Gasteiger partial charge >= 0.3 is 0 Å². The minimum atomic E-state index is -0.906. The highest BCUT2D eigenvalue weighted by atomic mass is 19.2. The van der Waals surface area contributed by atoms with Crippen LogP contribution in [-0.4, -0.2) is 6.21 Å². The molecule has 4 rings (SSSR count). The number of hydrogen-bond donors (Lipinski definition) is 0. The second-order valence-corrected chi connectivity index (χ2v) is 6.45. The Morgan fingerprint density at radius 3 is 1.69 bits per heavy atom. The second-order valence-electron chi connectivity index (χ2n) is 6.45. The highest BCUT2D eigenvalue weighted by Crippen LogP contribution is 2.33. The summed E-state index contributed by atoms with van der Waals surface area (Å²) in [5, 5.41) is 0. The first kappa shape index (κ1) is 18.6. The zero-order valence-corrected chi connectivity index (χ0v) is 15.5. The normalized spacial score (nSPS) is 11.0. The molecule has 0 atom stereocenters. The summed E-state index contributed by atoms with van der Waals surface area (Å²) in [7, 11) is 0. The average molecular weight is 384 g/mol. The van der Waals surface area contributed by atoms with Crippen LogP contribution in [0.3, 0.4) is 0 Å². The zero-order chi connectivity index (χ0) is 20.1. The fourth-order valence-electron chi connectivity index (χ4n) is 3.03. The number of anilines is 3. The standard InChI is InChI=1S/C25H18F2N2/c26-24-16-13-20(17-25(24)27)28-18-19-11-14-23(15-12-19)29(21-7-3-1-4-8-21)22-9-5-2-6-10-22/h1-18H. The summed E-state index contributed by atoms with van der Waals surface area (Å²) in [5.74, 6) is -1.79. The van der Waals surface area contributed by atoms with Crippen LogP contribution in [0.2, 0.25) is 0 Å². The van der Waals surface area contributed by atoms with Crippen LogP contribution in [0.5, 0.6) is 0 Å². The van der Waals surface area contributed by atoms with E-state index in [1.54, 1.807) is 6.21 Å². The van der Waals surface area contributed by atoms with Crippen molar-refractivity contribution in [2.45, 2.75) is 0 Å². The van der Waals surface area contributed by atoms with E-state index < -0.39 is 11.6 Å². The lowest BCUT2D eigenvalue weighted by atomic mass is 10.1. The van der Waals surface area contributed by atoms with Gasteiger partial charge in [0.15, 0.2) is 11.6 Å². The van der Waals surface area contributed by atoms with Crippen molar-refractivity contribution >= 4 is 29.0 Å². The molecule has 4 aromatic carbocycles. The number of benzene rings is 4. The van der Waals surface area contributed by atoms with Crippen LogP contribution in [0.4, 0.5) is 31.5 Å². The van der Waals surface area contributed by atoms with Crippen LogP contribution in [0.1, 0.15) is 5.56 Å². The third kappa shape index (κ3) is 4.38. The molecule has 0 radical (unpaired) electrons. The summed E-state index contributed by atoms with van der Waals surface area (Å²) >= 11 is 0. The fourth-order valence-corrected chi connectivity index (χ4v) is 3.03. The predicted octanol–water partition coefficient (Wildman–Crippen LogP) is 7.19. The van der Waals surface area contributed by atoms with E-state index in [0.717, 1.165) is 34.8 Å². The second kappa shape index (κ2) is 8.48. The molecular weight excluding hydrogens is 366 g/mol. The maximum absolute atomic E-state index is 13.3. The lowest BCUT2D eigenvalue weighted by molar-refractivity contribution is 0.509. The SMILES string of the molecule is Fc1ccc(N=Cc2ccc(N(c3ccccc3)c3ccccc3)cc2)cc1F. The van der Waals surface area contributed by atoms with Crippen molar-refractivity contribution in [3.05, 3.63) is 120 Å². The number of nitrogens with zero attached hydrogens (tertiary/aromatic N) is 2. The molecule has 2 nitrogen and oxygen atoms in total. The summed E-state index contributed by atoms with van der Waals surface area (Å²) in [5.41, 5.74) is 4.35. The maximum atomic E-state index is 13.3. The van der Waals surface area contributed by atoms with Crippen LogP contribution < -0.4 is 4.90 Å². The Bertz CT molecular complexity index is 1070. The predicted molar refractivity (Wildman–Crippen MR) is 115 cm³/mol. The highest BCUT2D eigenvalue weighted by Gasteiger charge is 2.11. The molecule has 0 N–H and O–H groups in total. The van der Waals surface area contributed by atoms with Crippen LogP contribution in [0, 0.1) is 11.6 Å². The molecule has 0 aliphatic rings. The van der Waals surface area contributed by atoms with E-state index in [4.69, 9.17) is 0 Å². The first-order valence-corrected chi connectivity index (χ1v) is 9.20. The van der Waals surface area contributed by atoms with Gasteiger partial charge in [-0.25, -0.2) is 8.78 Å². The lowest BCUT2D eigenvalue weighted by Gasteiger charge is -2.25. The van der Waals surface area contributed by atoms with Gasteiger partial charge in [-0.1, -0.05) is 48.5 Å². The topological polar surface area (TPSA) is 15.6 Å². The van der Waals surface area contributed by atoms with Crippen LogP contribution in [-0.2, 0) is 0 Å². The molecule has 29 heavy (non-hydrogen) atoms. The molecule has 0 amide bonds. The minimum absolute atomic E-state index is 0.364. The Morgan fingerprint density at radius 1 is 0.586 bits per heavy atom. The van der Waals surface area contributed by atoms with E-state index in [9.17, 15) is 8.78 Å². The smallest absolute Gasteiger partial charge is 0.160 e. The molecule has 0 fully saturated rings. The highest BCUT2D eigenvalue weighted by molar-refractivity contribution is 5.84. The van der Waals surface area contributed by atoms with E-state index in [0.29, 0.717) is 5.69 Å². The largest absolute Gasteiger partial charge is 0.311 e. The van der Waals surface area contributed by atoms with Gasteiger partial charge in [0.25, 0.3) is 0 Å². The van der Waals surface area contributed by atoms with Crippen molar-refractivity contribution in [2.75, 3.05) is 4.90 Å². The van der Waals surface area contributed by atoms with Gasteiger partial charge in [0.1, 0.15) is 0 Å². The van der Waals surface area contributed by atoms with Gasteiger partial charge < -0.3 is 4.90 Å². The molecule has 142 valence electrons. The van der Waals surface area contributed by atoms with Crippen LogP contribution in [0.15, 0.2) is 108 Å². The van der Waals surface area contributed by atoms with E-state index >= 15 is 0 Å². The molecule has 0 aliphatic heterocycles. The first-order valence-electron chi connectivity index (χ1n) is 9.20. The fraction of sp³-hybridized carbons (Fsp3) is 0. The van der Waals surface area contributed by atoms with Crippen LogP contribution >= 0.6 is 0 Å². The quantitative estimate of drug-likeness (QED) is 0.333. The minimum Gasteiger partial charge on any atom is -0.311 e. The summed E-state index contributed by atoms with van der Waals surface area (Å²) in [6, 6.07) is 31.7. The average Bonchev–Trinajstić information content (AvgIpc) is 2.77. The van der Waals surface area contributed by atoms with Crippen molar-refractivity contribution in [3.8, 4) is 0 Å². The van der Waals surface area contributed by atoms with Crippen molar-refractivity contribution in [2.24, 2.45) is 4.99 Å². The van der Waals surface area contributed by atoms with Crippen LogP contribution in [0.25, 0.3) is 0 Å². The molecular formula is C25H18F2N2. The Morgan fingerprint density at radius 2 is 1.14 bits per heavy atom. The number of hydrogen-bond acceptors (Lipinski definition) is 2. The van der Waals surface area contributed by atoms with Gasteiger partial charge in [0.2, 0.25) is 0 Å². The molecule has 0 aromatic heterocycles. The molecule has 0 saturated carbocycles. The van der Waals surface area contributed by atoms with Gasteiger partial charge in [-0.3, -0.25) is 4.99 Å². The van der Waals surface area contributed by atoms with Gasteiger partial charge in [-0.15, -0.1) is 0 Å². The molecule has 0 spiro atoms. The van der Waals surface area contributed by atoms with E-state index in [-0.39, 0.29) is 0 Å². The van der Waals surface area contributed by atoms with Gasteiger partial charge in [-0.2, -0.15) is 0 Å². The molecule has 4 heteroatoms. The summed E-state index contributed by atoms with van der Waals surface area (Å²) in [6.07, 6.45) is 1.63. The Labute approximate surface area is 168 Å². The summed E-state index contributed by atoms with van der Waals surface area (Å²) in [4.78, 5) is 6.39. The lowest BCUT2D eigenvalue weighted by Crippen LogP contribution is -2.09. The zero-order valence-electron chi connectivity index (χ0n) is 15.5. The molecule has 4 aromatic rings. The number of halogens is 2. The van der Waals surface area contributed by atoms with E-state index in [1.807, 2.05) is 60.7 Å². The summed E-state index contributed by atoms with van der Waals surface area (Å²) in [6.45, 7) is 0. The summed E-state index contributed by atoms with van der Waals surface area (Å²) < 4.78 is 26.3. The maximum Gasteiger partial charge on any atom is 0.160 e. The Balaban J connectivity index is 1.62. The van der Waals surface area contributed by atoms with Gasteiger partial charge in [0.05, 0.1) is 5.69 Å². The van der Waals surface area contributed by atoms with Crippen molar-refractivity contribution < 1.29 is 8.78 Å². The molecule has 0 aliphatic carbocycles. The number of para-hydroxylation sites is 2. The Hall–Kier alpha value is -3.79. The van der Waals surface area contributed by atoms with Gasteiger partial charge in [-0.05, 0) is 54.1 Å². The third-order valence-electron chi connectivity index (χ3n) is 4.45. The Kier molecular flexibility index (Phi) is 5.43.